The quantitative estimate of drug-likeness (QED) is 0.724. The van der Waals surface area contributed by atoms with Crippen molar-refractivity contribution in [3.05, 3.63) is 81.5 Å². The molecule has 136 valence electrons. The highest BCUT2D eigenvalue weighted by Crippen LogP contribution is 2.32. The summed E-state index contributed by atoms with van der Waals surface area (Å²) >= 11 is 1.38. The lowest BCUT2D eigenvalue weighted by molar-refractivity contribution is 0.0991. The highest BCUT2D eigenvalue weighted by atomic mass is 32.1. The molecule has 0 spiro atoms. The van der Waals surface area contributed by atoms with Crippen LogP contribution < -0.4 is 10.2 Å². The van der Waals surface area contributed by atoms with E-state index < -0.39 is 17.5 Å². The number of nitrogens with one attached hydrogen (secondary N) is 1. The van der Waals surface area contributed by atoms with Gasteiger partial charge in [0.15, 0.2) is 11.6 Å². The Morgan fingerprint density at radius 3 is 2.63 bits per heavy atom. The first kappa shape index (κ1) is 17.4. The van der Waals surface area contributed by atoms with Crippen molar-refractivity contribution in [2.45, 2.75) is 6.42 Å². The van der Waals surface area contributed by atoms with Gasteiger partial charge in [0, 0.05) is 23.5 Å². The van der Waals surface area contributed by atoms with Crippen LogP contribution in [0, 0.1) is 11.6 Å². The van der Waals surface area contributed by atoms with Gasteiger partial charge in [-0.1, -0.05) is 12.1 Å². The summed E-state index contributed by atoms with van der Waals surface area (Å²) in [5.74, 6) is -2.72. The summed E-state index contributed by atoms with van der Waals surface area (Å²) in [5, 5.41) is 4.52. The van der Waals surface area contributed by atoms with Crippen molar-refractivity contribution >= 4 is 34.5 Å². The average molecular weight is 384 g/mol. The smallest absolute Gasteiger partial charge is 0.268 e. The molecule has 0 aliphatic carbocycles. The molecule has 0 radical (unpaired) electrons. The van der Waals surface area contributed by atoms with Crippen molar-refractivity contribution < 1.29 is 18.4 Å². The van der Waals surface area contributed by atoms with Crippen molar-refractivity contribution in [3.8, 4) is 0 Å². The lowest BCUT2D eigenvalue weighted by Crippen LogP contribution is -2.28. The highest BCUT2D eigenvalue weighted by Gasteiger charge is 2.26. The number of amides is 2. The summed E-state index contributed by atoms with van der Waals surface area (Å²) in [6, 6.07) is 11.9. The normalized spacial score (nSPS) is 12.7. The Morgan fingerprint density at radius 1 is 1.04 bits per heavy atom. The van der Waals surface area contributed by atoms with Crippen LogP contribution in [0.2, 0.25) is 0 Å². The highest BCUT2D eigenvalue weighted by molar-refractivity contribution is 7.12. The van der Waals surface area contributed by atoms with E-state index in [0.717, 1.165) is 29.8 Å². The topological polar surface area (TPSA) is 49.4 Å². The Morgan fingerprint density at radius 2 is 1.89 bits per heavy atom. The number of hydrogen-bond donors (Lipinski definition) is 1. The summed E-state index contributed by atoms with van der Waals surface area (Å²) in [6.45, 7) is 0.576. The summed E-state index contributed by atoms with van der Waals surface area (Å²) in [5.41, 5.74) is 2.26. The van der Waals surface area contributed by atoms with Gasteiger partial charge >= 0.3 is 0 Å². The molecule has 0 saturated heterocycles. The standard InChI is InChI=1S/C20H14F2N2O2S/c21-15-6-4-13(10-16(15)22)19(25)23-14-5-3-12-7-8-24(17(12)11-14)20(26)18-2-1-9-27-18/h1-6,9-11H,7-8H2,(H,23,25). The van der Waals surface area contributed by atoms with Crippen LogP contribution >= 0.6 is 11.3 Å². The molecule has 2 amide bonds. The maximum Gasteiger partial charge on any atom is 0.268 e. The zero-order chi connectivity index (χ0) is 19.0. The van der Waals surface area contributed by atoms with Crippen LogP contribution in [0.3, 0.4) is 0 Å². The molecule has 1 N–H and O–H groups in total. The summed E-state index contributed by atoms with van der Waals surface area (Å²) in [7, 11) is 0. The number of nitrogens with zero attached hydrogens (tertiary/aromatic N) is 1. The molecule has 0 fully saturated rings. The second-order valence-corrected chi connectivity index (χ2v) is 7.06. The minimum Gasteiger partial charge on any atom is -0.322 e. The van der Waals surface area contributed by atoms with E-state index in [0.29, 0.717) is 17.1 Å². The van der Waals surface area contributed by atoms with Crippen molar-refractivity contribution in [1.29, 1.82) is 0 Å². The molecule has 1 aliphatic rings. The molecular weight excluding hydrogens is 370 g/mol. The molecule has 4 nitrogen and oxygen atoms in total. The van der Waals surface area contributed by atoms with Crippen molar-refractivity contribution in [3.63, 3.8) is 0 Å². The summed E-state index contributed by atoms with van der Waals surface area (Å²) < 4.78 is 26.4. The predicted octanol–water partition coefficient (Wildman–Crippen LogP) is 4.48. The van der Waals surface area contributed by atoms with Crippen LogP contribution in [-0.4, -0.2) is 18.4 Å². The largest absolute Gasteiger partial charge is 0.322 e. The Labute approximate surface area is 158 Å². The fraction of sp³-hybridized carbons (Fsp3) is 0.100. The maximum atomic E-state index is 13.3. The average Bonchev–Trinajstić information content (AvgIpc) is 3.33. The van der Waals surface area contributed by atoms with Gasteiger partial charge in [0.2, 0.25) is 0 Å². The molecule has 4 rings (SSSR count). The molecule has 2 aromatic carbocycles. The van der Waals surface area contributed by atoms with Crippen molar-refractivity contribution in [2.24, 2.45) is 0 Å². The number of halogens is 2. The minimum absolute atomic E-state index is 0.0147. The molecule has 1 aromatic heterocycles. The molecule has 2 heterocycles. The first-order valence-electron chi connectivity index (χ1n) is 8.27. The third-order valence-electron chi connectivity index (χ3n) is 4.40. The molecule has 0 unspecified atom stereocenters. The fourth-order valence-corrected chi connectivity index (χ4v) is 3.71. The number of carbonyl (C=O) groups is 2. The van der Waals surface area contributed by atoms with Crippen molar-refractivity contribution in [2.75, 3.05) is 16.8 Å². The number of fused-ring (bicyclic) bond motifs is 1. The van der Waals surface area contributed by atoms with Crippen LogP contribution in [0.5, 0.6) is 0 Å². The lowest BCUT2D eigenvalue weighted by atomic mass is 10.1. The number of carbonyl (C=O) groups excluding carboxylic acids is 2. The summed E-state index contributed by atoms with van der Waals surface area (Å²) in [4.78, 5) is 27.3. The van der Waals surface area contributed by atoms with E-state index in [1.54, 1.807) is 23.1 Å². The van der Waals surface area contributed by atoms with Crippen LogP contribution in [0.25, 0.3) is 0 Å². The van der Waals surface area contributed by atoms with Crippen molar-refractivity contribution in [1.82, 2.24) is 0 Å². The first-order chi connectivity index (χ1) is 13.0. The molecule has 0 saturated carbocycles. The fourth-order valence-electron chi connectivity index (χ4n) is 3.04. The first-order valence-corrected chi connectivity index (χ1v) is 9.15. The van der Waals surface area contributed by atoms with Crippen LogP contribution in [0.15, 0.2) is 53.9 Å². The van der Waals surface area contributed by atoms with Crippen LogP contribution in [0.1, 0.15) is 25.6 Å². The number of benzene rings is 2. The second-order valence-electron chi connectivity index (χ2n) is 6.11. The number of rotatable bonds is 3. The Balaban J connectivity index is 1.57. The van der Waals surface area contributed by atoms with E-state index in [2.05, 4.69) is 5.32 Å². The number of anilines is 2. The van der Waals surface area contributed by atoms with E-state index in [1.807, 2.05) is 17.5 Å². The Hall–Kier alpha value is -3.06. The molecule has 27 heavy (non-hydrogen) atoms. The number of thiophene rings is 1. The molecule has 7 heteroatoms. The zero-order valence-corrected chi connectivity index (χ0v) is 14.9. The Bertz CT molecular complexity index is 1030. The van der Waals surface area contributed by atoms with E-state index in [4.69, 9.17) is 0 Å². The van der Waals surface area contributed by atoms with E-state index in [-0.39, 0.29) is 11.5 Å². The monoisotopic (exact) mass is 384 g/mol. The van der Waals surface area contributed by atoms with Gasteiger partial charge in [-0.15, -0.1) is 11.3 Å². The van der Waals surface area contributed by atoms with Gasteiger partial charge in [0.05, 0.1) is 4.88 Å². The lowest BCUT2D eigenvalue weighted by Gasteiger charge is -2.17. The molecule has 0 atom stereocenters. The number of hydrogen-bond acceptors (Lipinski definition) is 3. The third kappa shape index (κ3) is 3.33. The van der Waals surface area contributed by atoms with E-state index >= 15 is 0 Å². The maximum absolute atomic E-state index is 13.3. The van der Waals surface area contributed by atoms with Crippen LogP contribution in [-0.2, 0) is 6.42 Å². The van der Waals surface area contributed by atoms with Gasteiger partial charge in [-0.25, -0.2) is 8.78 Å². The van der Waals surface area contributed by atoms with Gasteiger partial charge in [0.1, 0.15) is 0 Å². The van der Waals surface area contributed by atoms with E-state index in [1.165, 1.54) is 17.4 Å². The molecular formula is C20H14F2N2O2S. The molecule has 1 aliphatic heterocycles. The van der Waals surface area contributed by atoms with Gasteiger partial charge in [-0.05, 0) is 53.8 Å². The van der Waals surface area contributed by atoms with Gasteiger partial charge in [0.25, 0.3) is 11.8 Å². The van der Waals surface area contributed by atoms with Gasteiger partial charge in [-0.3, -0.25) is 9.59 Å². The molecule has 0 bridgehead atoms. The summed E-state index contributed by atoms with van der Waals surface area (Å²) in [6.07, 6.45) is 0.740. The van der Waals surface area contributed by atoms with Crippen LogP contribution in [0.4, 0.5) is 20.2 Å². The second kappa shape index (κ2) is 6.92. The molecule has 3 aromatic rings. The van der Waals surface area contributed by atoms with Gasteiger partial charge < -0.3 is 10.2 Å². The Kier molecular flexibility index (Phi) is 4.45. The van der Waals surface area contributed by atoms with E-state index in [9.17, 15) is 18.4 Å². The third-order valence-corrected chi connectivity index (χ3v) is 5.26. The zero-order valence-electron chi connectivity index (χ0n) is 14.0. The predicted molar refractivity (Wildman–Crippen MR) is 100 cm³/mol. The minimum atomic E-state index is -1.08. The SMILES string of the molecule is O=C(Nc1ccc2c(c1)N(C(=O)c1cccs1)CC2)c1ccc(F)c(F)c1. The van der Waals surface area contributed by atoms with Gasteiger partial charge in [-0.2, -0.15) is 0 Å².